The molecular formula is C26H22ClN5O2. The molecule has 0 fully saturated rings. The first-order valence-electron chi connectivity index (χ1n) is 10.7. The van der Waals surface area contributed by atoms with Crippen molar-refractivity contribution in [2.24, 2.45) is 5.10 Å². The van der Waals surface area contributed by atoms with E-state index in [0.29, 0.717) is 10.7 Å². The van der Waals surface area contributed by atoms with Crippen LogP contribution in [0, 0.1) is 0 Å². The molecule has 170 valence electrons. The molecule has 4 aromatic rings. The van der Waals surface area contributed by atoms with Gasteiger partial charge in [-0.2, -0.15) is 5.10 Å². The fraction of sp³-hybridized carbons (Fsp3) is 0.0769. The van der Waals surface area contributed by atoms with Gasteiger partial charge in [0.15, 0.2) is 0 Å². The van der Waals surface area contributed by atoms with E-state index in [1.54, 1.807) is 36.5 Å². The number of hydrogen-bond donors (Lipinski definition) is 3. The van der Waals surface area contributed by atoms with Crippen LogP contribution in [0.3, 0.4) is 0 Å². The van der Waals surface area contributed by atoms with Crippen molar-refractivity contribution in [3.63, 3.8) is 0 Å². The Kier molecular flexibility index (Phi) is 7.15. The van der Waals surface area contributed by atoms with Gasteiger partial charge >= 0.3 is 11.8 Å². The van der Waals surface area contributed by atoms with Gasteiger partial charge < -0.3 is 10.6 Å². The molecule has 1 aromatic heterocycles. The largest absolute Gasteiger partial charge is 0.355 e. The number of nitrogens with zero attached hydrogens (tertiary/aromatic N) is 2. The lowest BCUT2D eigenvalue weighted by atomic mass is 10.1. The minimum absolute atomic E-state index is 0.483. The molecule has 1 heterocycles. The molecule has 0 spiro atoms. The summed E-state index contributed by atoms with van der Waals surface area (Å²) in [5, 5.41) is 11.3. The summed E-state index contributed by atoms with van der Waals surface area (Å²) in [6, 6.07) is 22.2. The lowest BCUT2D eigenvalue weighted by molar-refractivity contribution is -0.136. The third-order valence-electron chi connectivity index (χ3n) is 5.10. The molecule has 0 radical (unpaired) electrons. The highest BCUT2D eigenvalue weighted by Gasteiger charge is 2.13. The molecule has 2 amide bonds. The average Bonchev–Trinajstić information content (AvgIpc) is 2.85. The first-order valence-corrected chi connectivity index (χ1v) is 11.0. The van der Waals surface area contributed by atoms with E-state index in [1.165, 1.54) is 11.8 Å². The van der Waals surface area contributed by atoms with Crippen LogP contribution in [0.4, 0.5) is 17.1 Å². The van der Waals surface area contributed by atoms with E-state index in [9.17, 15) is 9.59 Å². The Morgan fingerprint density at radius 1 is 0.941 bits per heavy atom. The number of hydrazone groups is 1. The van der Waals surface area contributed by atoms with Gasteiger partial charge in [0, 0.05) is 33.7 Å². The van der Waals surface area contributed by atoms with E-state index in [4.69, 9.17) is 11.6 Å². The maximum absolute atomic E-state index is 12.2. The predicted octanol–water partition coefficient (Wildman–Crippen LogP) is 5.28. The van der Waals surface area contributed by atoms with Crippen LogP contribution in [-0.4, -0.2) is 23.0 Å². The third kappa shape index (κ3) is 5.76. The molecule has 4 rings (SSSR count). The number of rotatable bonds is 6. The number of carbonyl (C=O) groups is 2. The number of nitrogens with one attached hydrogen (secondary N) is 3. The van der Waals surface area contributed by atoms with Crippen LogP contribution in [-0.2, 0) is 16.0 Å². The third-order valence-corrected chi connectivity index (χ3v) is 5.34. The smallest absolute Gasteiger partial charge is 0.329 e. The number of amides is 2. The second kappa shape index (κ2) is 10.6. The number of hydrogen-bond acceptors (Lipinski definition) is 5. The number of pyridine rings is 1. The zero-order chi connectivity index (χ0) is 23.9. The minimum Gasteiger partial charge on any atom is -0.355 e. The second-order valence-corrected chi connectivity index (χ2v) is 7.91. The Labute approximate surface area is 201 Å². The number of halogens is 1. The van der Waals surface area contributed by atoms with Crippen molar-refractivity contribution < 1.29 is 9.59 Å². The van der Waals surface area contributed by atoms with Crippen LogP contribution in [0.15, 0.2) is 84.1 Å². The molecule has 34 heavy (non-hydrogen) atoms. The first kappa shape index (κ1) is 22.9. The average molecular weight is 472 g/mol. The van der Waals surface area contributed by atoms with Crippen LogP contribution in [0.25, 0.3) is 10.9 Å². The number of aryl methyl sites for hydroxylation is 1. The number of benzene rings is 3. The molecule has 0 saturated carbocycles. The van der Waals surface area contributed by atoms with Crippen LogP contribution in [0.1, 0.15) is 18.1 Å². The van der Waals surface area contributed by atoms with E-state index < -0.39 is 11.8 Å². The summed E-state index contributed by atoms with van der Waals surface area (Å²) < 4.78 is 0. The highest BCUT2D eigenvalue weighted by atomic mass is 35.5. The molecule has 0 bridgehead atoms. The lowest BCUT2D eigenvalue weighted by Gasteiger charge is -2.11. The van der Waals surface area contributed by atoms with Crippen molar-refractivity contribution in [1.82, 2.24) is 10.4 Å². The van der Waals surface area contributed by atoms with Gasteiger partial charge in [0.05, 0.1) is 11.7 Å². The van der Waals surface area contributed by atoms with Gasteiger partial charge in [0.25, 0.3) is 0 Å². The highest BCUT2D eigenvalue weighted by Crippen LogP contribution is 2.27. The molecule has 0 saturated heterocycles. The van der Waals surface area contributed by atoms with Crippen LogP contribution >= 0.6 is 11.6 Å². The fourth-order valence-corrected chi connectivity index (χ4v) is 3.43. The Morgan fingerprint density at radius 2 is 1.68 bits per heavy atom. The molecule has 0 aliphatic carbocycles. The fourth-order valence-electron chi connectivity index (χ4n) is 3.27. The van der Waals surface area contributed by atoms with Gasteiger partial charge in [-0.1, -0.05) is 42.8 Å². The molecule has 3 aromatic carbocycles. The van der Waals surface area contributed by atoms with E-state index in [0.717, 1.165) is 34.3 Å². The summed E-state index contributed by atoms with van der Waals surface area (Å²) in [6.07, 6.45) is 4.14. The maximum atomic E-state index is 12.2. The van der Waals surface area contributed by atoms with Crippen molar-refractivity contribution in [3.05, 3.63) is 95.1 Å². The van der Waals surface area contributed by atoms with Crippen LogP contribution in [0.2, 0.25) is 5.02 Å². The molecule has 0 atom stereocenters. The number of fused-ring (bicyclic) bond motifs is 1. The zero-order valence-electron chi connectivity index (χ0n) is 18.4. The van der Waals surface area contributed by atoms with Gasteiger partial charge in [-0.3, -0.25) is 14.6 Å². The SMILES string of the molecule is CCc1ccc(/C=N/NC(=O)C(=O)Nc2ccc(Nc3ccnc4cc(Cl)ccc34)cc2)cc1. The van der Waals surface area contributed by atoms with Gasteiger partial charge in [0.2, 0.25) is 0 Å². The lowest BCUT2D eigenvalue weighted by Crippen LogP contribution is -2.32. The monoisotopic (exact) mass is 471 g/mol. The van der Waals surface area contributed by atoms with Crippen molar-refractivity contribution in [1.29, 1.82) is 0 Å². The Bertz CT molecular complexity index is 1350. The standard InChI is InChI=1S/C26H22ClN5O2/c1-2-17-3-5-18(6-4-17)16-29-32-26(34)25(33)31-21-10-8-20(9-11-21)30-23-13-14-28-24-15-19(27)7-12-22(23)24/h3-16H,2H2,1H3,(H,28,30)(H,31,33)(H,32,34)/b29-16+. The van der Waals surface area contributed by atoms with Gasteiger partial charge in [-0.25, -0.2) is 5.43 Å². The van der Waals surface area contributed by atoms with Gasteiger partial charge in [-0.15, -0.1) is 0 Å². The first-order chi connectivity index (χ1) is 16.5. The number of carbonyl (C=O) groups excluding carboxylic acids is 2. The number of anilines is 3. The maximum Gasteiger partial charge on any atom is 0.329 e. The predicted molar refractivity (Wildman–Crippen MR) is 137 cm³/mol. The van der Waals surface area contributed by atoms with Crippen molar-refractivity contribution in [2.45, 2.75) is 13.3 Å². The van der Waals surface area contributed by atoms with Crippen LogP contribution < -0.4 is 16.1 Å². The quantitative estimate of drug-likeness (QED) is 0.202. The number of aromatic nitrogens is 1. The topological polar surface area (TPSA) is 95.5 Å². The van der Waals surface area contributed by atoms with Crippen molar-refractivity contribution in [3.8, 4) is 0 Å². The molecular weight excluding hydrogens is 450 g/mol. The molecule has 0 aliphatic heterocycles. The zero-order valence-corrected chi connectivity index (χ0v) is 19.1. The highest BCUT2D eigenvalue weighted by molar-refractivity contribution is 6.39. The Balaban J connectivity index is 1.33. The summed E-state index contributed by atoms with van der Waals surface area (Å²) in [4.78, 5) is 28.5. The Morgan fingerprint density at radius 3 is 2.41 bits per heavy atom. The van der Waals surface area contributed by atoms with E-state index in [-0.39, 0.29) is 0 Å². The van der Waals surface area contributed by atoms with Crippen molar-refractivity contribution in [2.75, 3.05) is 10.6 Å². The Hall–Kier alpha value is -4.23. The molecule has 7 nitrogen and oxygen atoms in total. The molecule has 8 heteroatoms. The van der Waals surface area contributed by atoms with Crippen LogP contribution in [0.5, 0.6) is 0 Å². The van der Waals surface area contributed by atoms with E-state index in [2.05, 4.69) is 33.1 Å². The van der Waals surface area contributed by atoms with Gasteiger partial charge in [0.1, 0.15) is 0 Å². The summed E-state index contributed by atoms with van der Waals surface area (Å²) in [5.41, 5.74) is 7.22. The van der Waals surface area contributed by atoms with E-state index in [1.807, 2.05) is 42.5 Å². The summed E-state index contributed by atoms with van der Waals surface area (Å²) >= 11 is 6.05. The minimum atomic E-state index is -0.856. The van der Waals surface area contributed by atoms with Crippen molar-refractivity contribution >= 4 is 57.6 Å². The summed E-state index contributed by atoms with van der Waals surface area (Å²) in [5.74, 6) is -1.67. The molecule has 0 unspecified atom stereocenters. The normalized spacial score (nSPS) is 10.9. The second-order valence-electron chi connectivity index (χ2n) is 7.47. The molecule has 0 aliphatic rings. The van der Waals surface area contributed by atoms with Gasteiger partial charge in [-0.05, 0) is 66.1 Å². The molecule has 3 N–H and O–H groups in total. The summed E-state index contributed by atoms with van der Waals surface area (Å²) in [7, 11) is 0. The van der Waals surface area contributed by atoms with E-state index >= 15 is 0 Å². The summed E-state index contributed by atoms with van der Waals surface area (Å²) in [6.45, 7) is 2.07.